The maximum Gasteiger partial charge on any atom is 0.203 e. The molecule has 2 N–H and O–H groups in total. The maximum atomic E-state index is 12.8. The molecule has 0 amide bonds. The van der Waals surface area contributed by atoms with Crippen molar-refractivity contribution in [1.82, 2.24) is 9.88 Å². The van der Waals surface area contributed by atoms with Gasteiger partial charge in [0.05, 0.1) is 18.2 Å². The monoisotopic (exact) mass is 502 g/mol. The summed E-state index contributed by atoms with van der Waals surface area (Å²) in [5, 5.41) is 13.9. The number of piperidine rings is 2. The summed E-state index contributed by atoms with van der Waals surface area (Å²) in [6.07, 6.45) is 1.88. The lowest BCUT2D eigenvalue weighted by molar-refractivity contribution is -0.389. The Morgan fingerprint density at radius 1 is 1.18 bits per heavy atom. The van der Waals surface area contributed by atoms with Gasteiger partial charge in [0.25, 0.3) is 0 Å². The van der Waals surface area contributed by atoms with E-state index in [2.05, 4.69) is 28.1 Å². The topological polar surface area (TPSA) is 57.7 Å². The van der Waals surface area contributed by atoms with Crippen LogP contribution in [0.3, 0.4) is 0 Å². The Kier molecular flexibility index (Phi) is 3.24. The highest BCUT2D eigenvalue weighted by Gasteiger charge is 2.99. The standard InChI is InChI=1S/C25H21Cl3N2O3/c1-32-17-7-6-13-10-22-23(31)11-15-14-4-2-3-5-16(14)29-20(15)25(22)21(23,18(13)19(17)33-25)8-9-30(22)12-24(26,27)28/h2-7,29,31H,8-12H2,1H3/t21-,22?,23+,25-/m1/s1. The van der Waals surface area contributed by atoms with Gasteiger partial charge in [-0.2, -0.15) is 0 Å². The van der Waals surface area contributed by atoms with Gasteiger partial charge in [-0.3, -0.25) is 4.90 Å². The van der Waals surface area contributed by atoms with Gasteiger partial charge in [0.1, 0.15) is 11.1 Å². The molecule has 1 saturated carbocycles. The lowest BCUT2D eigenvalue weighted by atomic mass is 9.25. The summed E-state index contributed by atoms with van der Waals surface area (Å²) in [6, 6.07) is 12.4. The second-order valence-electron chi connectivity index (χ2n) is 10.2. The molecule has 1 unspecified atom stereocenters. The molecule has 4 aliphatic carbocycles. The maximum absolute atomic E-state index is 12.8. The Balaban J connectivity index is 1.50. The molecule has 9 rings (SSSR count). The first kappa shape index (κ1) is 19.7. The zero-order valence-electron chi connectivity index (χ0n) is 17.8. The molecule has 4 bridgehead atoms. The van der Waals surface area contributed by atoms with E-state index in [-0.39, 0.29) is 6.54 Å². The van der Waals surface area contributed by atoms with E-state index in [0.717, 1.165) is 40.0 Å². The number of nitrogens with zero attached hydrogens (tertiary/aromatic N) is 1. The molecule has 33 heavy (non-hydrogen) atoms. The van der Waals surface area contributed by atoms with Gasteiger partial charge in [0.15, 0.2) is 17.1 Å². The molecule has 5 nitrogen and oxygen atoms in total. The van der Waals surface area contributed by atoms with Crippen LogP contribution in [-0.2, 0) is 23.9 Å². The van der Waals surface area contributed by atoms with Gasteiger partial charge >= 0.3 is 0 Å². The molecule has 0 radical (unpaired) electrons. The molecule has 1 saturated heterocycles. The fourth-order valence-corrected chi connectivity index (χ4v) is 9.13. The second-order valence-corrected chi connectivity index (χ2v) is 12.7. The van der Waals surface area contributed by atoms with E-state index >= 15 is 0 Å². The summed E-state index contributed by atoms with van der Waals surface area (Å²) in [4.78, 5) is 5.91. The molecule has 1 aromatic heterocycles. The van der Waals surface area contributed by atoms with Gasteiger partial charge in [-0.25, -0.2) is 0 Å². The number of benzene rings is 2. The van der Waals surface area contributed by atoms with E-state index in [0.29, 0.717) is 25.0 Å². The number of hydrogen-bond acceptors (Lipinski definition) is 4. The normalized spacial score (nSPS) is 36.9. The molecule has 8 heteroatoms. The quantitative estimate of drug-likeness (QED) is 0.510. The van der Waals surface area contributed by atoms with Crippen molar-refractivity contribution in [1.29, 1.82) is 0 Å². The van der Waals surface area contributed by atoms with Crippen molar-refractivity contribution in [2.45, 2.75) is 45.2 Å². The molecule has 3 heterocycles. The van der Waals surface area contributed by atoms with Crippen LogP contribution in [0, 0.1) is 0 Å². The highest BCUT2D eigenvalue weighted by atomic mass is 35.6. The van der Waals surface area contributed by atoms with E-state index in [9.17, 15) is 5.11 Å². The Labute approximate surface area is 205 Å². The second kappa shape index (κ2) is 5.44. The first-order valence-electron chi connectivity index (χ1n) is 11.3. The number of rotatable bonds is 2. The molecular weight excluding hydrogens is 483 g/mol. The van der Waals surface area contributed by atoms with E-state index < -0.39 is 25.9 Å². The summed E-state index contributed by atoms with van der Waals surface area (Å²) in [5.74, 6) is 1.46. The van der Waals surface area contributed by atoms with Gasteiger partial charge < -0.3 is 19.6 Å². The van der Waals surface area contributed by atoms with Crippen LogP contribution in [-0.4, -0.2) is 50.1 Å². The van der Waals surface area contributed by atoms with Crippen LogP contribution in [0.1, 0.15) is 28.8 Å². The average Bonchev–Trinajstić information content (AvgIpc) is 3.26. The minimum absolute atomic E-state index is 0.221. The fraction of sp³-hybridized carbons (Fsp3) is 0.440. The van der Waals surface area contributed by atoms with E-state index in [1.54, 1.807) is 7.11 Å². The third-order valence-electron chi connectivity index (χ3n) is 9.39. The molecule has 4 atom stereocenters. The average molecular weight is 504 g/mol. The predicted molar refractivity (Wildman–Crippen MR) is 127 cm³/mol. The minimum Gasteiger partial charge on any atom is -0.493 e. The van der Waals surface area contributed by atoms with Crippen LogP contribution in [0.5, 0.6) is 11.5 Å². The molecule has 2 spiro atoms. The molecule has 2 aromatic carbocycles. The Bertz CT molecular complexity index is 1420. The molecule has 3 aromatic rings. The largest absolute Gasteiger partial charge is 0.493 e. The molecule has 2 fully saturated rings. The van der Waals surface area contributed by atoms with Crippen molar-refractivity contribution < 1.29 is 14.6 Å². The van der Waals surface area contributed by atoms with Gasteiger partial charge in [0.2, 0.25) is 3.79 Å². The summed E-state index contributed by atoms with van der Waals surface area (Å²) in [7, 11) is 1.67. The summed E-state index contributed by atoms with van der Waals surface area (Å²) >= 11 is 19.0. The third-order valence-corrected chi connectivity index (χ3v) is 9.75. The first-order chi connectivity index (χ1) is 15.7. The van der Waals surface area contributed by atoms with Crippen LogP contribution in [0.2, 0.25) is 0 Å². The number of alkyl halides is 3. The highest BCUT2D eigenvalue weighted by molar-refractivity contribution is 6.67. The first-order valence-corrected chi connectivity index (χ1v) is 12.4. The van der Waals surface area contributed by atoms with Crippen molar-refractivity contribution in [3.63, 3.8) is 0 Å². The number of halogens is 3. The third kappa shape index (κ3) is 1.69. The SMILES string of the molecule is COc1ccc2c3c1O[C@@]14c5[nH]c6ccccc6c5C[C@@]5(O)C1(C2)N(CC(Cl)(Cl)Cl)CC[C@@]354. The van der Waals surface area contributed by atoms with E-state index in [1.165, 1.54) is 5.56 Å². The molecule has 6 aliphatic rings. The molecular formula is C25H21Cl3N2O3. The number of aliphatic hydroxyl groups is 1. The number of likely N-dealkylation sites (tertiary alicyclic amines) is 1. The lowest BCUT2D eigenvalue weighted by Crippen LogP contribution is -3.02. The van der Waals surface area contributed by atoms with Crippen molar-refractivity contribution in [2.24, 2.45) is 0 Å². The number of ether oxygens (including phenoxy) is 2. The zero-order chi connectivity index (χ0) is 22.6. The smallest absolute Gasteiger partial charge is 0.203 e. The van der Waals surface area contributed by atoms with E-state index in [1.807, 2.05) is 18.2 Å². The number of fused-ring (bicyclic) bond motifs is 1. The van der Waals surface area contributed by atoms with E-state index in [4.69, 9.17) is 44.3 Å². The fourth-order valence-electron chi connectivity index (χ4n) is 8.70. The summed E-state index contributed by atoms with van der Waals surface area (Å²) in [6.45, 7) is 0.951. The number of H-pyrrole nitrogens is 1. The number of nitrogens with one attached hydrogen (secondary N) is 1. The Morgan fingerprint density at radius 2 is 2.00 bits per heavy atom. The van der Waals surface area contributed by atoms with Gasteiger partial charge in [-0.1, -0.05) is 59.1 Å². The van der Waals surface area contributed by atoms with Crippen LogP contribution >= 0.6 is 34.8 Å². The molecule has 170 valence electrons. The van der Waals surface area contributed by atoms with Crippen molar-refractivity contribution in [3.05, 3.63) is 58.8 Å². The summed E-state index contributed by atoms with van der Waals surface area (Å²) < 4.78 is 11.3. The summed E-state index contributed by atoms with van der Waals surface area (Å²) in [5.41, 5.74) is 2.40. The van der Waals surface area contributed by atoms with Crippen LogP contribution in [0.15, 0.2) is 36.4 Å². The number of aromatic nitrogens is 1. The number of methoxy groups -OCH3 is 1. The minimum atomic E-state index is -1.47. The van der Waals surface area contributed by atoms with Crippen LogP contribution in [0.25, 0.3) is 10.9 Å². The lowest BCUT2D eigenvalue weighted by Gasteiger charge is -2.84. The Morgan fingerprint density at radius 3 is 2.79 bits per heavy atom. The van der Waals surface area contributed by atoms with Crippen molar-refractivity contribution in [3.8, 4) is 11.5 Å². The highest BCUT2D eigenvalue weighted by Crippen LogP contribution is 2.86. The van der Waals surface area contributed by atoms with Gasteiger partial charge in [0, 0.05) is 36.0 Å². The van der Waals surface area contributed by atoms with Gasteiger partial charge in [-0.05, 0) is 36.1 Å². The predicted octanol–water partition coefficient (Wildman–Crippen LogP) is 4.37. The van der Waals surface area contributed by atoms with Crippen LogP contribution in [0.4, 0.5) is 0 Å². The van der Waals surface area contributed by atoms with Crippen molar-refractivity contribution >= 4 is 45.7 Å². The number of para-hydroxylation sites is 1. The van der Waals surface area contributed by atoms with Gasteiger partial charge in [-0.15, -0.1) is 0 Å². The number of aromatic amines is 1. The van der Waals surface area contributed by atoms with Crippen molar-refractivity contribution in [2.75, 3.05) is 20.2 Å². The Hall–Kier alpha value is -1.63. The van der Waals surface area contributed by atoms with Crippen LogP contribution < -0.4 is 9.47 Å². The number of hydrogen-bond donors (Lipinski definition) is 2. The molecule has 2 aliphatic heterocycles. The zero-order valence-corrected chi connectivity index (χ0v) is 20.1.